The second-order valence-electron chi connectivity index (χ2n) is 8.15. The average Bonchev–Trinajstić information content (AvgIpc) is 3.35. The summed E-state index contributed by atoms with van der Waals surface area (Å²) in [6, 6.07) is 31.0. The number of aromatic nitrogens is 4. The van der Waals surface area contributed by atoms with E-state index in [1.54, 1.807) is 0 Å². The summed E-state index contributed by atoms with van der Waals surface area (Å²) in [6.07, 6.45) is 0. The number of carbonyl (C=O) groups is 1. The maximum absolute atomic E-state index is 12.9. The summed E-state index contributed by atoms with van der Waals surface area (Å²) in [5.41, 5.74) is 3.42. The molecule has 5 rings (SSSR count). The molecule has 0 radical (unpaired) electrons. The highest BCUT2D eigenvalue weighted by Crippen LogP contribution is 2.29. The second kappa shape index (κ2) is 9.75. The average molecular weight is 439 g/mol. The molecule has 1 aromatic heterocycles. The zero-order valence-electron chi connectivity index (χ0n) is 18.4. The molecule has 0 spiro atoms. The molecule has 3 aromatic carbocycles. The Morgan fingerprint density at radius 3 is 1.88 bits per heavy atom. The minimum absolute atomic E-state index is 0.0163. The highest BCUT2D eigenvalue weighted by Gasteiger charge is 2.28. The molecule has 1 amide bonds. The maximum Gasteiger partial charge on any atom is 0.246 e. The minimum Gasteiger partial charge on any atom is -0.338 e. The number of hydrogen-bond acceptors (Lipinski definition) is 5. The van der Waals surface area contributed by atoms with Crippen molar-refractivity contribution in [2.75, 3.05) is 26.2 Å². The van der Waals surface area contributed by atoms with E-state index in [0.29, 0.717) is 18.9 Å². The summed E-state index contributed by atoms with van der Waals surface area (Å²) >= 11 is 0. The van der Waals surface area contributed by atoms with Gasteiger partial charge in [0.25, 0.3) is 0 Å². The summed E-state index contributed by atoms with van der Waals surface area (Å²) in [5, 5.41) is 12.5. The number of benzene rings is 3. The lowest BCUT2D eigenvalue weighted by Gasteiger charge is -2.39. The normalized spacial score (nSPS) is 14.5. The smallest absolute Gasteiger partial charge is 0.246 e. The van der Waals surface area contributed by atoms with Gasteiger partial charge in [0.05, 0.1) is 6.04 Å². The van der Waals surface area contributed by atoms with Crippen molar-refractivity contribution in [1.29, 1.82) is 0 Å². The molecule has 7 heteroatoms. The lowest BCUT2D eigenvalue weighted by molar-refractivity contribution is -0.134. The molecule has 0 N–H and O–H groups in total. The molecular formula is C26H26N6O. The van der Waals surface area contributed by atoms with Crippen molar-refractivity contribution in [3.05, 3.63) is 102 Å². The van der Waals surface area contributed by atoms with Crippen LogP contribution in [0.3, 0.4) is 0 Å². The fraction of sp³-hybridized carbons (Fsp3) is 0.231. The highest BCUT2D eigenvalue weighted by atomic mass is 16.2. The summed E-state index contributed by atoms with van der Waals surface area (Å²) in [6.45, 7) is 3.06. The molecule has 1 fully saturated rings. The number of amides is 1. The second-order valence-corrected chi connectivity index (χ2v) is 8.15. The Morgan fingerprint density at radius 2 is 1.30 bits per heavy atom. The van der Waals surface area contributed by atoms with Crippen molar-refractivity contribution in [2.45, 2.75) is 12.6 Å². The molecule has 0 atom stereocenters. The van der Waals surface area contributed by atoms with Crippen LogP contribution in [0.5, 0.6) is 0 Å². The number of tetrazole rings is 1. The van der Waals surface area contributed by atoms with Crippen LogP contribution >= 0.6 is 0 Å². The van der Waals surface area contributed by atoms with Gasteiger partial charge >= 0.3 is 0 Å². The van der Waals surface area contributed by atoms with Gasteiger partial charge in [0.2, 0.25) is 11.7 Å². The number of carbonyl (C=O) groups excluding carboxylic acids is 1. The summed E-state index contributed by atoms with van der Waals surface area (Å²) in [4.78, 5) is 18.6. The van der Waals surface area contributed by atoms with E-state index < -0.39 is 0 Å². The fourth-order valence-corrected chi connectivity index (χ4v) is 4.35. The number of piperazine rings is 1. The van der Waals surface area contributed by atoms with Crippen molar-refractivity contribution in [3.63, 3.8) is 0 Å². The van der Waals surface area contributed by atoms with Crippen LogP contribution in [0.4, 0.5) is 0 Å². The van der Waals surface area contributed by atoms with E-state index in [-0.39, 0.29) is 18.5 Å². The van der Waals surface area contributed by atoms with Crippen molar-refractivity contribution in [3.8, 4) is 11.4 Å². The Labute approximate surface area is 193 Å². The maximum atomic E-state index is 12.9. The fourth-order valence-electron chi connectivity index (χ4n) is 4.35. The van der Waals surface area contributed by atoms with Crippen LogP contribution in [0, 0.1) is 0 Å². The van der Waals surface area contributed by atoms with Crippen LogP contribution in [0.25, 0.3) is 11.4 Å². The third kappa shape index (κ3) is 4.83. The van der Waals surface area contributed by atoms with Crippen LogP contribution in [0.1, 0.15) is 17.2 Å². The third-order valence-corrected chi connectivity index (χ3v) is 6.02. The Bertz CT molecular complexity index is 1130. The monoisotopic (exact) mass is 438 g/mol. The van der Waals surface area contributed by atoms with Gasteiger partial charge in [0.15, 0.2) is 0 Å². The zero-order valence-corrected chi connectivity index (χ0v) is 18.4. The molecule has 7 nitrogen and oxygen atoms in total. The molecule has 1 saturated heterocycles. The Hall–Kier alpha value is -3.84. The first-order chi connectivity index (χ1) is 16.3. The van der Waals surface area contributed by atoms with Crippen LogP contribution < -0.4 is 0 Å². The van der Waals surface area contributed by atoms with Gasteiger partial charge in [0, 0.05) is 31.7 Å². The molecule has 166 valence electrons. The van der Waals surface area contributed by atoms with Crippen LogP contribution in [-0.2, 0) is 11.3 Å². The van der Waals surface area contributed by atoms with Gasteiger partial charge in [-0.05, 0) is 16.3 Å². The first-order valence-electron chi connectivity index (χ1n) is 11.2. The van der Waals surface area contributed by atoms with Gasteiger partial charge in [-0.1, -0.05) is 91.0 Å². The zero-order chi connectivity index (χ0) is 22.5. The molecule has 2 heterocycles. The lowest BCUT2D eigenvalue weighted by Crippen LogP contribution is -2.50. The van der Waals surface area contributed by atoms with E-state index in [9.17, 15) is 4.79 Å². The van der Waals surface area contributed by atoms with Gasteiger partial charge < -0.3 is 4.90 Å². The summed E-state index contributed by atoms with van der Waals surface area (Å²) < 4.78 is 0. The predicted molar refractivity (Wildman–Crippen MR) is 126 cm³/mol. The van der Waals surface area contributed by atoms with Crippen LogP contribution in [-0.4, -0.2) is 62.1 Å². The Morgan fingerprint density at radius 1 is 0.758 bits per heavy atom. The van der Waals surface area contributed by atoms with E-state index in [4.69, 9.17) is 0 Å². The molecule has 4 aromatic rings. The van der Waals surface area contributed by atoms with Gasteiger partial charge in [-0.25, -0.2) is 0 Å². The number of nitrogens with zero attached hydrogens (tertiary/aromatic N) is 6. The topological polar surface area (TPSA) is 67.2 Å². The summed E-state index contributed by atoms with van der Waals surface area (Å²) in [5.74, 6) is 0.546. The standard InChI is InChI=1S/C26H26N6O/c33-24(20-32-28-26(27-29-32)23-14-8-3-9-15-23)30-16-18-31(19-17-30)25(21-10-4-1-5-11-21)22-12-6-2-7-13-22/h1-15,25H,16-20H2. The molecule has 0 bridgehead atoms. The first kappa shape index (κ1) is 21.0. The van der Waals surface area contributed by atoms with Gasteiger partial charge in [0.1, 0.15) is 6.54 Å². The van der Waals surface area contributed by atoms with E-state index in [1.165, 1.54) is 15.9 Å². The van der Waals surface area contributed by atoms with Gasteiger partial charge in [-0.3, -0.25) is 9.69 Å². The van der Waals surface area contributed by atoms with Crippen molar-refractivity contribution >= 4 is 5.91 Å². The molecule has 1 aliphatic heterocycles. The molecular weight excluding hydrogens is 412 g/mol. The number of hydrogen-bond donors (Lipinski definition) is 0. The highest BCUT2D eigenvalue weighted by molar-refractivity contribution is 5.76. The predicted octanol–water partition coefficient (Wildman–Crippen LogP) is 3.27. The molecule has 0 saturated carbocycles. The van der Waals surface area contributed by atoms with E-state index in [1.807, 2.05) is 47.4 Å². The number of rotatable bonds is 6. The van der Waals surface area contributed by atoms with E-state index in [2.05, 4.69) is 68.8 Å². The first-order valence-corrected chi connectivity index (χ1v) is 11.2. The van der Waals surface area contributed by atoms with Crippen LogP contribution in [0.2, 0.25) is 0 Å². The molecule has 0 unspecified atom stereocenters. The van der Waals surface area contributed by atoms with Crippen molar-refractivity contribution < 1.29 is 4.79 Å². The Kier molecular flexibility index (Phi) is 6.21. The van der Waals surface area contributed by atoms with Crippen LogP contribution in [0.15, 0.2) is 91.0 Å². The van der Waals surface area contributed by atoms with Gasteiger partial charge in [-0.15, -0.1) is 10.2 Å². The molecule has 33 heavy (non-hydrogen) atoms. The molecule has 0 aliphatic carbocycles. The largest absolute Gasteiger partial charge is 0.338 e. The van der Waals surface area contributed by atoms with Crippen molar-refractivity contribution in [1.82, 2.24) is 30.0 Å². The lowest BCUT2D eigenvalue weighted by atomic mass is 9.96. The minimum atomic E-state index is 0.0163. The quantitative estimate of drug-likeness (QED) is 0.462. The SMILES string of the molecule is O=C(Cn1nnc(-c2ccccc2)n1)N1CCN(C(c2ccccc2)c2ccccc2)CC1. The summed E-state index contributed by atoms with van der Waals surface area (Å²) in [7, 11) is 0. The van der Waals surface area contributed by atoms with Crippen molar-refractivity contribution in [2.24, 2.45) is 0 Å². The Balaban J connectivity index is 1.24. The third-order valence-electron chi connectivity index (χ3n) is 6.02. The van der Waals surface area contributed by atoms with E-state index in [0.717, 1.165) is 18.7 Å². The van der Waals surface area contributed by atoms with Gasteiger partial charge in [-0.2, -0.15) is 4.80 Å². The van der Waals surface area contributed by atoms with E-state index >= 15 is 0 Å². The molecule has 1 aliphatic rings.